The summed E-state index contributed by atoms with van der Waals surface area (Å²) < 4.78 is 19.3. The molecule has 0 spiro atoms. The predicted molar refractivity (Wildman–Crippen MR) is 114 cm³/mol. The van der Waals surface area contributed by atoms with E-state index in [-0.39, 0.29) is 12.5 Å². The maximum absolute atomic E-state index is 12.6. The monoisotopic (exact) mass is 429 g/mol. The van der Waals surface area contributed by atoms with Gasteiger partial charge in [0.1, 0.15) is 11.6 Å². The molecule has 1 aromatic heterocycles. The van der Waals surface area contributed by atoms with E-state index in [0.717, 1.165) is 28.1 Å². The van der Waals surface area contributed by atoms with Crippen molar-refractivity contribution in [2.75, 3.05) is 11.9 Å². The molecule has 8 heteroatoms. The molecule has 0 fully saturated rings. The second kappa shape index (κ2) is 8.00. The molecule has 1 aliphatic heterocycles. The van der Waals surface area contributed by atoms with E-state index >= 15 is 0 Å². The molecule has 2 aromatic carbocycles. The molecule has 150 valence electrons. The third-order valence-corrected chi connectivity index (χ3v) is 6.37. The number of nitrogens with zero attached hydrogens (tertiary/aromatic N) is 2. The average Bonchev–Trinajstić information content (AvgIpc) is 3.20. The van der Waals surface area contributed by atoms with E-state index in [1.807, 2.05) is 32.0 Å². The lowest BCUT2D eigenvalue weighted by Crippen LogP contribution is -2.23. The van der Waals surface area contributed by atoms with Gasteiger partial charge in [-0.15, -0.1) is 0 Å². The number of amides is 1. The lowest BCUT2D eigenvalue weighted by Gasteiger charge is -2.14. The van der Waals surface area contributed by atoms with Crippen LogP contribution < -0.4 is 10.1 Å². The highest BCUT2D eigenvalue weighted by Crippen LogP contribution is 2.32. The van der Waals surface area contributed by atoms with Crippen LogP contribution in [0.15, 0.2) is 42.5 Å². The fourth-order valence-electron chi connectivity index (χ4n) is 3.24. The first-order valence-electron chi connectivity index (χ1n) is 9.13. The molecular formula is C21H20ClN3O3S. The van der Waals surface area contributed by atoms with Crippen LogP contribution in [0.5, 0.6) is 5.75 Å². The van der Waals surface area contributed by atoms with Gasteiger partial charge in [-0.1, -0.05) is 23.7 Å². The van der Waals surface area contributed by atoms with Gasteiger partial charge >= 0.3 is 0 Å². The molecule has 4 rings (SSSR count). The molecular weight excluding hydrogens is 410 g/mol. The Labute approximate surface area is 176 Å². The van der Waals surface area contributed by atoms with Crippen LogP contribution >= 0.6 is 11.6 Å². The first-order chi connectivity index (χ1) is 13.9. The van der Waals surface area contributed by atoms with Gasteiger partial charge in [-0.05, 0) is 55.3 Å². The van der Waals surface area contributed by atoms with Gasteiger partial charge in [0.05, 0.1) is 22.9 Å². The molecule has 2 heterocycles. The summed E-state index contributed by atoms with van der Waals surface area (Å²) in [7, 11) is -0.994. The van der Waals surface area contributed by atoms with Gasteiger partial charge in [-0.25, -0.2) is 4.68 Å². The van der Waals surface area contributed by atoms with E-state index in [1.165, 1.54) is 0 Å². The summed E-state index contributed by atoms with van der Waals surface area (Å²) in [4.78, 5) is 12.6. The number of rotatable bonds is 5. The highest BCUT2D eigenvalue weighted by Gasteiger charge is 2.28. The summed E-state index contributed by atoms with van der Waals surface area (Å²) >= 11 is 5.87. The summed E-state index contributed by atoms with van der Waals surface area (Å²) in [5, 5.41) is 8.16. The van der Waals surface area contributed by atoms with Gasteiger partial charge < -0.3 is 10.1 Å². The van der Waals surface area contributed by atoms with Crippen molar-refractivity contribution in [1.82, 2.24) is 9.78 Å². The van der Waals surface area contributed by atoms with Gasteiger partial charge in [0.15, 0.2) is 6.61 Å². The number of ether oxygens (including phenoxy) is 1. The van der Waals surface area contributed by atoms with Crippen molar-refractivity contribution < 1.29 is 13.7 Å². The molecule has 0 saturated heterocycles. The second-order valence-electron chi connectivity index (χ2n) is 6.92. The maximum Gasteiger partial charge on any atom is 0.263 e. The van der Waals surface area contributed by atoms with Crippen LogP contribution in [0.25, 0.3) is 5.69 Å². The molecule has 0 saturated carbocycles. The van der Waals surface area contributed by atoms with Crippen LogP contribution in [0, 0.1) is 13.8 Å². The number of aromatic nitrogens is 2. The summed E-state index contributed by atoms with van der Waals surface area (Å²) in [5.41, 5.74) is 4.68. The summed E-state index contributed by atoms with van der Waals surface area (Å²) in [5.74, 6) is 1.58. The van der Waals surface area contributed by atoms with Gasteiger partial charge in [0.25, 0.3) is 5.91 Å². The Morgan fingerprint density at radius 2 is 1.97 bits per heavy atom. The molecule has 3 aromatic rings. The first kappa shape index (κ1) is 19.7. The average molecular weight is 430 g/mol. The van der Waals surface area contributed by atoms with Crippen LogP contribution in [0.4, 0.5) is 5.82 Å². The first-order valence-corrected chi connectivity index (χ1v) is 11.0. The topological polar surface area (TPSA) is 73.2 Å². The zero-order chi connectivity index (χ0) is 20.5. The van der Waals surface area contributed by atoms with Gasteiger partial charge in [-0.2, -0.15) is 5.10 Å². The number of hydrogen-bond acceptors (Lipinski definition) is 4. The number of carbonyl (C=O) groups is 1. The minimum atomic E-state index is -0.994. The van der Waals surface area contributed by atoms with Crippen molar-refractivity contribution in [3.63, 3.8) is 0 Å². The Kier molecular flexibility index (Phi) is 5.43. The third-order valence-electron chi connectivity index (χ3n) is 4.92. The molecule has 1 N–H and O–H groups in total. The Bertz CT molecular complexity index is 1110. The van der Waals surface area contributed by atoms with Crippen LogP contribution in [0.2, 0.25) is 5.02 Å². The molecule has 1 atom stereocenters. The number of nitrogens with one attached hydrogen (secondary N) is 1. The van der Waals surface area contributed by atoms with Gasteiger partial charge in [-0.3, -0.25) is 9.00 Å². The van der Waals surface area contributed by atoms with Crippen molar-refractivity contribution in [1.29, 1.82) is 0 Å². The molecule has 0 bridgehead atoms. The quantitative estimate of drug-likeness (QED) is 0.667. The smallest absolute Gasteiger partial charge is 0.263 e. The molecule has 1 amide bonds. The third kappa shape index (κ3) is 4.06. The van der Waals surface area contributed by atoms with Crippen molar-refractivity contribution in [2.24, 2.45) is 0 Å². The van der Waals surface area contributed by atoms with Crippen LogP contribution in [0.3, 0.4) is 0 Å². The fourth-order valence-corrected chi connectivity index (χ4v) is 4.63. The molecule has 0 aliphatic carbocycles. The number of benzene rings is 2. The molecule has 1 unspecified atom stereocenters. The fraction of sp³-hybridized carbons (Fsp3) is 0.238. The zero-order valence-corrected chi connectivity index (χ0v) is 17.6. The van der Waals surface area contributed by atoms with E-state index in [0.29, 0.717) is 28.1 Å². The Morgan fingerprint density at radius 3 is 2.72 bits per heavy atom. The van der Waals surface area contributed by atoms with Crippen molar-refractivity contribution in [2.45, 2.75) is 25.4 Å². The number of fused-ring (bicyclic) bond motifs is 1. The van der Waals surface area contributed by atoms with E-state index in [9.17, 15) is 9.00 Å². The molecule has 6 nitrogen and oxygen atoms in total. The minimum Gasteiger partial charge on any atom is -0.484 e. The highest BCUT2D eigenvalue weighted by molar-refractivity contribution is 7.83. The van der Waals surface area contributed by atoms with E-state index < -0.39 is 10.8 Å². The standard InChI is InChI=1S/C21H20ClN3O3S/c1-13-4-3-5-19(14(13)2)25-21(17-11-29(27)12-18(17)24-25)23-20(26)10-28-16-8-6-15(22)7-9-16/h3-9H,10-12H2,1-2H3,(H,23,26). The number of carbonyl (C=O) groups excluding carboxylic acids is 1. The van der Waals surface area contributed by atoms with Gasteiger partial charge in [0.2, 0.25) is 0 Å². The minimum absolute atomic E-state index is 0.155. The number of anilines is 1. The van der Waals surface area contributed by atoms with E-state index in [1.54, 1.807) is 28.9 Å². The van der Waals surface area contributed by atoms with Crippen molar-refractivity contribution in [3.05, 3.63) is 69.9 Å². The second-order valence-corrected chi connectivity index (χ2v) is 8.82. The van der Waals surface area contributed by atoms with Crippen LogP contribution in [-0.2, 0) is 27.1 Å². The lowest BCUT2D eigenvalue weighted by atomic mass is 10.1. The van der Waals surface area contributed by atoms with Crippen LogP contribution in [-0.4, -0.2) is 26.5 Å². The Balaban J connectivity index is 1.60. The lowest BCUT2D eigenvalue weighted by molar-refractivity contribution is -0.118. The predicted octanol–water partition coefficient (Wildman–Crippen LogP) is 3.92. The molecule has 29 heavy (non-hydrogen) atoms. The zero-order valence-electron chi connectivity index (χ0n) is 16.1. The maximum atomic E-state index is 12.6. The van der Waals surface area contributed by atoms with E-state index in [2.05, 4.69) is 10.4 Å². The van der Waals surface area contributed by atoms with Crippen LogP contribution in [0.1, 0.15) is 22.4 Å². The largest absolute Gasteiger partial charge is 0.484 e. The highest BCUT2D eigenvalue weighted by atomic mass is 35.5. The summed E-state index contributed by atoms with van der Waals surface area (Å²) in [6, 6.07) is 12.8. The normalized spacial score (nSPS) is 15.2. The number of halogens is 1. The summed E-state index contributed by atoms with van der Waals surface area (Å²) in [6.07, 6.45) is 0. The number of aryl methyl sites for hydroxylation is 1. The number of hydrogen-bond donors (Lipinski definition) is 1. The van der Waals surface area contributed by atoms with Crippen molar-refractivity contribution >= 4 is 34.1 Å². The molecule has 0 radical (unpaired) electrons. The van der Waals surface area contributed by atoms with Gasteiger partial charge in [0, 0.05) is 21.4 Å². The SMILES string of the molecule is Cc1cccc(-n2nc3c(c2NC(=O)COc2ccc(Cl)cc2)CS(=O)C3)c1C. The van der Waals surface area contributed by atoms with Crippen molar-refractivity contribution in [3.8, 4) is 11.4 Å². The summed E-state index contributed by atoms with van der Waals surface area (Å²) in [6.45, 7) is 3.89. The van der Waals surface area contributed by atoms with E-state index in [4.69, 9.17) is 16.3 Å². The molecule has 1 aliphatic rings. The Morgan fingerprint density at radius 1 is 1.21 bits per heavy atom. The Hall–Kier alpha value is -2.64.